The predicted octanol–water partition coefficient (Wildman–Crippen LogP) is 1.79. The Balaban J connectivity index is 2.45. The number of benzene rings is 1. The Kier molecular flexibility index (Phi) is 7.51. The van der Waals surface area contributed by atoms with E-state index in [0.717, 1.165) is 19.4 Å². The van der Waals surface area contributed by atoms with Crippen LogP contribution in [-0.4, -0.2) is 47.8 Å². The Hall–Kier alpha value is -1.17. The van der Waals surface area contributed by atoms with Crippen LogP contribution >= 0.6 is 12.2 Å². The first kappa shape index (κ1) is 16.9. The van der Waals surface area contributed by atoms with Gasteiger partial charge in [0.15, 0.2) is 0 Å². The average molecular weight is 296 g/mol. The molecular weight excluding hydrogens is 272 g/mol. The lowest BCUT2D eigenvalue weighted by molar-refractivity contribution is 0.0759. The number of hydrogen-bond donors (Lipinski definition) is 2. The normalized spacial score (nSPS) is 12.4. The predicted molar refractivity (Wildman–Crippen MR) is 86.2 cm³/mol. The first-order chi connectivity index (χ1) is 9.54. The summed E-state index contributed by atoms with van der Waals surface area (Å²) in [5.74, 6) is 0.621. The van der Waals surface area contributed by atoms with Crippen LogP contribution in [0, 0.1) is 0 Å². The summed E-state index contributed by atoms with van der Waals surface area (Å²) in [6.07, 6.45) is 1.75. The first-order valence-electron chi connectivity index (χ1n) is 6.92. The number of para-hydroxylation sites is 1. The SMILES string of the molecule is CCCCN(C)CC(O)COc1ccccc1C(N)=S. The highest BCUT2D eigenvalue weighted by atomic mass is 32.1. The highest BCUT2D eigenvalue weighted by molar-refractivity contribution is 7.80. The van der Waals surface area contributed by atoms with Crippen molar-refractivity contribution in [3.05, 3.63) is 29.8 Å². The molecule has 1 aromatic rings. The number of thiocarbonyl (C=S) groups is 1. The van der Waals surface area contributed by atoms with Crippen LogP contribution in [0.2, 0.25) is 0 Å². The van der Waals surface area contributed by atoms with Crippen molar-refractivity contribution in [3.8, 4) is 5.75 Å². The van der Waals surface area contributed by atoms with E-state index in [-0.39, 0.29) is 6.61 Å². The van der Waals surface area contributed by atoms with Gasteiger partial charge in [-0.05, 0) is 32.1 Å². The van der Waals surface area contributed by atoms with Crippen LogP contribution in [0.1, 0.15) is 25.3 Å². The summed E-state index contributed by atoms with van der Waals surface area (Å²) in [6, 6.07) is 7.34. The van der Waals surface area contributed by atoms with Crippen LogP contribution in [0.5, 0.6) is 5.75 Å². The molecule has 0 heterocycles. The maximum Gasteiger partial charge on any atom is 0.129 e. The Morgan fingerprint density at radius 1 is 1.45 bits per heavy atom. The molecule has 1 atom stereocenters. The Bertz CT molecular complexity index is 426. The number of hydrogen-bond acceptors (Lipinski definition) is 4. The minimum absolute atomic E-state index is 0.232. The molecule has 0 aliphatic heterocycles. The van der Waals surface area contributed by atoms with Crippen LogP contribution in [0.4, 0.5) is 0 Å². The number of likely N-dealkylation sites (N-methyl/N-ethyl adjacent to an activating group) is 1. The van der Waals surface area contributed by atoms with E-state index in [9.17, 15) is 5.11 Å². The zero-order valence-electron chi connectivity index (χ0n) is 12.2. The van der Waals surface area contributed by atoms with Gasteiger partial charge in [-0.1, -0.05) is 37.7 Å². The molecule has 1 rings (SSSR count). The number of nitrogens with zero attached hydrogens (tertiary/aromatic N) is 1. The maximum atomic E-state index is 9.98. The monoisotopic (exact) mass is 296 g/mol. The summed E-state index contributed by atoms with van der Waals surface area (Å²) in [5, 5.41) is 9.98. The Morgan fingerprint density at radius 3 is 2.80 bits per heavy atom. The van der Waals surface area contributed by atoms with Gasteiger partial charge in [-0.15, -0.1) is 0 Å². The number of ether oxygens (including phenoxy) is 1. The third kappa shape index (κ3) is 5.86. The minimum atomic E-state index is -0.531. The van der Waals surface area contributed by atoms with E-state index in [1.807, 2.05) is 31.3 Å². The quantitative estimate of drug-likeness (QED) is 0.680. The third-order valence-electron chi connectivity index (χ3n) is 3.00. The molecule has 0 aliphatic carbocycles. The smallest absolute Gasteiger partial charge is 0.129 e. The first-order valence-corrected chi connectivity index (χ1v) is 7.33. The molecule has 0 spiro atoms. The summed E-state index contributed by atoms with van der Waals surface area (Å²) in [4.78, 5) is 2.41. The van der Waals surface area contributed by atoms with E-state index >= 15 is 0 Å². The summed E-state index contributed by atoms with van der Waals surface area (Å²) >= 11 is 4.97. The number of unbranched alkanes of at least 4 members (excludes halogenated alkanes) is 1. The molecule has 0 aromatic heterocycles. The van der Waals surface area contributed by atoms with Crippen LogP contribution in [0.15, 0.2) is 24.3 Å². The number of aliphatic hydroxyl groups excluding tert-OH is 1. The van der Waals surface area contributed by atoms with Crippen LogP contribution in [0.3, 0.4) is 0 Å². The van der Waals surface area contributed by atoms with E-state index in [0.29, 0.717) is 22.8 Å². The molecule has 0 bridgehead atoms. The molecule has 0 amide bonds. The van der Waals surface area contributed by atoms with Crippen molar-refractivity contribution in [1.29, 1.82) is 0 Å². The second-order valence-electron chi connectivity index (χ2n) is 4.94. The summed E-state index contributed by atoms with van der Waals surface area (Å²) in [7, 11) is 2.00. The molecule has 0 radical (unpaired) electrons. The second kappa shape index (κ2) is 8.89. The number of rotatable bonds is 9. The fourth-order valence-electron chi connectivity index (χ4n) is 1.91. The van der Waals surface area contributed by atoms with E-state index in [1.54, 1.807) is 0 Å². The molecule has 112 valence electrons. The minimum Gasteiger partial charge on any atom is -0.490 e. The van der Waals surface area contributed by atoms with Crippen molar-refractivity contribution in [2.45, 2.75) is 25.9 Å². The van der Waals surface area contributed by atoms with Gasteiger partial charge in [0.25, 0.3) is 0 Å². The van der Waals surface area contributed by atoms with Crippen LogP contribution in [-0.2, 0) is 0 Å². The van der Waals surface area contributed by atoms with Gasteiger partial charge in [0, 0.05) is 6.54 Å². The van der Waals surface area contributed by atoms with Gasteiger partial charge >= 0.3 is 0 Å². The van der Waals surface area contributed by atoms with Crippen LogP contribution < -0.4 is 10.5 Å². The van der Waals surface area contributed by atoms with E-state index in [4.69, 9.17) is 22.7 Å². The molecule has 4 nitrogen and oxygen atoms in total. The van der Waals surface area contributed by atoms with Gasteiger partial charge in [0.05, 0.1) is 5.56 Å². The zero-order valence-corrected chi connectivity index (χ0v) is 13.0. The van der Waals surface area contributed by atoms with Crippen molar-refractivity contribution in [2.75, 3.05) is 26.7 Å². The fraction of sp³-hybridized carbons (Fsp3) is 0.533. The third-order valence-corrected chi connectivity index (χ3v) is 3.22. The molecular formula is C15H24N2O2S. The molecule has 0 saturated heterocycles. The lowest BCUT2D eigenvalue weighted by atomic mass is 10.2. The lowest BCUT2D eigenvalue weighted by Crippen LogP contribution is -2.33. The average Bonchev–Trinajstić information content (AvgIpc) is 2.43. The zero-order chi connectivity index (χ0) is 15.0. The highest BCUT2D eigenvalue weighted by Gasteiger charge is 2.11. The largest absolute Gasteiger partial charge is 0.490 e. The topological polar surface area (TPSA) is 58.7 Å². The maximum absolute atomic E-state index is 9.98. The Morgan fingerprint density at radius 2 is 2.15 bits per heavy atom. The molecule has 0 aliphatic rings. The van der Waals surface area contributed by atoms with Crippen molar-refractivity contribution in [2.24, 2.45) is 5.73 Å². The highest BCUT2D eigenvalue weighted by Crippen LogP contribution is 2.17. The molecule has 3 N–H and O–H groups in total. The van der Waals surface area contributed by atoms with E-state index < -0.39 is 6.10 Å². The summed E-state index contributed by atoms with van der Waals surface area (Å²) in [5.41, 5.74) is 6.34. The molecule has 20 heavy (non-hydrogen) atoms. The van der Waals surface area contributed by atoms with E-state index in [1.165, 1.54) is 0 Å². The van der Waals surface area contributed by atoms with E-state index in [2.05, 4.69) is 11.8 Å². The Labute approximate surface area is 126 Å². The van der Waals surface area contributed by atoms with Crippen molar-refractivity contribution < 1.29 is 9.84 Å². The molecule has 0 saturated carbocycles. The molecule has 0 fully saturated rings. The lowest BCUT2D eigenvalue weighted by Gasteiger charge is -2.21. The van der Waals surface area contributed by atoms with Gasteiger partial charge in [-0.25, -0.2) is 0 Å². The number of nitrogens with two attached hydrogens (primary N) is 1. The summed E-state index contributed by atoms with van der Waals surface area (Å²) in [6.45, 7) is 3.96. The van der Waals surface area contributed by atoms with Crippen molar-refractivity contribution >= 4 is 17.2 Å². The van der Waals surface area contributed by atoms with Crippen LogP contribution in [0.25, 0.3) is 0 Å². The standard InChI is InChI=1S/C15H24N2O2S/c1-3-4-9-17(2)10-12(18)11-19-14-8-6-5-7-13(14)15(16)20/h5-8,12,18H,3-4,9-11H2,1-2H3,(H2,16,20). The van der Waals surface area contributed by atoms with Crippen molar-refractivity contribution in [1.82, 2.24) is 4.90 Å². The fourth-order valence-corrected chi connectivity index (χ4v) is 2.08. The summed E-state index contributed by atoms with van der Waals surface area (Å²) < 4.78 is 5.62. The van der Waals surface area contributed by atoms with Gasteiger partial charge in [0.2, 0.25) is 0 Å². The molecule has 1 aromatic carbocycles. The van der Waals surface area contributed by atoms with Gasteiger partial charge in [-0.2, -0.15) is 0 Å². The van der Waals surface area contributed by atoms with Gasteiger partial charge in [0.1, 0.15) is 23.4 Å². The molecule has 1 unspecified atom stereocenters. The molecule has 5 heteroatoms. The second-order valence-corrected chi connectivity index (χ2v) is 5.38. The van der Waals surface area contributed by atoms with Gasteiger partial charge in [-0.3, -0.25) is 0 Å². The van der Waals surface area contributed by atoms with Gasteiger partial charge < -0.3 is 20.5 Å². The number of aliphatic hydroxyl groups is 1. The van der Waals surface area contributed by atoms with Crippen molar-refractivity contribution in [3.63, 3.8) is 0 Å².